The topological polar surface area (TPSA) is 141 Å². The summed E-state index contributed by atoms with van der Waals surface area (Å²) in [6, 6.07) is 15.3. The molecule has 4 rings (SSSR count). The average Bonchev–Trinajstić information content (AvgIpc) is 2.71. The predicted molar refractivity (Wildman–Crippen MR) is 118 cm³/mol. The first-order valence-corrected chi connectivity index (χ1v) is 12.9. The van der Waals surface area contributed by atoms with Crippen molar-refractivity contribution in [3.8, 4) is 5.75 Å². The van der Waals surface area contributed by atoms with Gasteiger partial charge in [-0.25, -0.2) is 0 Å². The molecule has 4 N–H and O–H groups in total. The Morgan fingerprint density at radius 1 is 0.906 bits per heavy atom. The maximum absolute atomic E-state index is 12.2. The molecule has 0 aromatic heterocycles. The molecule has 0 spiro atoms. The number of halogens is 1. The normalized spacial score (nSPS) is 12.2. The number of rotatable bonds is 2. The summed E-state index contributed by atoms with van der Waals surface area (Å²) in [6.45, 7) is 1.29. The Labute approximate surface area is 190 Å². The molecule has 3 aromatic rings. The van der Waals surface area contributed by atoms with Crippen molar-refractivity contribution in [2.45, 2.75) is 6.92 Å². The molecule has 0 radical (unpaired) electrons. The number of carbonyl (C=O) groups is 3. The second-order valence-corrected chi connectivity index (χ2v) is 10.5. The van der Waals surface area contributed by atoms with E-state index in [1.165, 1.54) is 13.0 Å². The summed E-state index contributed by atoms with van der Waals surface area (Å²) in [5.74, 6) is -1.17. The number of ketones is 2. The zero-order valence-corrected chi connectivity index (χ0v) is 19.2. The average molecular weight is 518 g/mol. The second kappa shape index (κ2) is 9.14. The molecular weight excluding hydrogens is 501 g/mol. The number of carbonyl (C=O) groups excluding carboxylic acids is 3. The van der Waals surface area contributed by atoms with E-state index in [0.29, 0.717) is 27.3 Å². The summed E-state index contributed by atoms with van der Waals surface area (Å²) in [5, 5.41) is 12.0. The van der Waals surface area contributed by atoms with Gasteiger partial charge in [0.05, 0.1) is 10.6 Å². The van der Waals surface area contributed by atoms with Crippen LogP contribution in [0.3, 0.4) is 0 Å². The predicted octanol–water partition coefficient (Wildman–Crippen LogP) is 2.03. The number of phenolic OH excluding ortho intramolecular Hbond substituents is 1. The first-order valence-electron chi connectivity index (χ1n) is 9.14. The summed E-state index contributed by atoms with van der Waals surface area (Å²) in [7, 11) is 0. The summed E-state index contributed by atoms with van der Waals surface area (Å²) in [5.41, 5.74) is 1.87. The van der Waals surface area contributed by atoms with Crippen molar-refractivity contribution < 1.29 is 31.4 Å². The summed E-state index contributed by atoms with van der Waals surface area (Å²) in [4.78, 5) is 35.1. The number of fused-ring (bicyclic) bond motifs is 2. The Kier molecular flexibility index (Phi) is 6.71. The van der Waals surface area contributed by atoms with E-state index < -0.39 is 24.3 Å². The minimum Gasteiger partial charge on any atom is -0.289 e. The van der Waals surface area contributed by atoms with Crippen molar-refractivity contribution in [2.24, 2.45) is 0 Å². The number of benzene rings is 3. The van der Waals surface area contributed by atoms with Gasteiger partial charge in [-0.05, 0) is 6.07 Å². The van der Waals surface area contributed by atoms with Crippen LogP contribution in [0, 0.1) is 0 Å². The Morgan fingerprint density at radius 3 is 2.06 bits per heavy atom. The standard InChI is InChI=1S/C14H7ClO2.C8H10AsNO5/c15-11-7-3-6-10-12(11)14(17)9-5-2-1-4-8(9)13(10)16;1-5(11)10-6-2-3-7(8(12)4-6)9(13,14)15/h1-7H;2-4,12H,1H3,(H,10,11)(H2,13,14,15). The zero-order valence-electron chi connectivity index (χ0n) is 16.6. The van der Waals surface area contributed by atoms with Gasteiger partial charge in [0.15, 0.2) is 11.6 Å². The van der Waals surface area contributed by atoms with Crippen LogP contribution < -0.4 is 9.67 Å². The third kappa shape index (κ3) is 4.84. The largest absolute Gasteiger partial charge is 0.289 e. The first kappa shape index (κ1) is 23.5. The summed E-state index contributed by atoms with van der Waals surface area (Å²) in [6.07, 6.45) is 0. The van der Waals surface area contributed by atoms with Gasteiger partial charge in [0.1, 0.15) is 0 Å². The first-order chi connectivity index (χ1) is 15.0. The second-order valence-electron chi connectivity index (χ2n) is 6.79. The van der Waals surface area contributed by atoms with Crippen LogP contribution in [0.4, 0.5) is 5.69 Å². The van der Waals surface area contributed by atoms with Gasteiger partial charge in [0.25, 0.3) is 0 Å². The van der Waals surface area contributed by atoms with Gasteiger partial charge in [-0.3, -0.25) is 9.59 Å². The monoisotopic (exact) mass is 517 g/mol. The van der Waals surface area contributed by atoms with Crippen molar-refractivity contribution in [3.05, 3.63) is 87.9 Å². The molecule has 32 heavy (non-hydrogen) atoms. The number of nitrogens with one attached hydrogen (secondary N) is 1. The zero-order chi connectivity index (χ0) is 23.6. The van der Waals surface area contributed by atoms with Gasteiger partial charge < -0.3 is 0 Å². The van der Waals surface area contributed by atoms with Crippen LogP contribution in [0.15, 0.2) is 60.7 Å². The van der Waals surface area contributed by atoms with E-state index >= 15 is 0 Å². The molecular formula is C22H17AsClNO7. The van der Waals surface area contributed by atoms with Gasteiger partial charge in [0, 0.05) is 16.7 Å². The molecule has 0 aliphatic heterocycles. The molecule has 10 heteroatoms. The molecule has 0 atom stereocenters. The van der Waals surface area contributed by atoms with E-state index in [1.54, 1.807) is 42.5 Å². The van der Waals surface area contributed by atoms with Crippen LogP contribution in [0.5, 0.6) is 5.75 Å². The number of phenols is 1. The van der Waals surface area contributed by atoms with Gasteiger partial charge in [0.2, 0.25) is 0 Å². The maximum Gasteiger partial charge on any atom is 0.196 e. The number of hydrogen-bond donors (Lipinski definition) is 4. The molecule has 1 aliphatic rings. The number of aromatic hydroxyl groups is 1. The fraction of sp³-hybridized carbons (Fsp3) is 0.0455. The van der Waals surface area contributed by atoms with Crippen LogP contribution in [-0.2, 0) is 8.53 Å². The quantitative estimate of drug-likeness (QED) is 0.298. The minimum atomic E-state index is -5.09. The third-order valence-electron chi connectivity index (χ3n) is 4.51. The minimum absolute atomic E-state index is 0.141. The van der Waals surface area contributed by atoms with Gasteiger partial charge >= 0.3 is 88.1 Å². The van der Waals surface area contributed by atoms with Gasteiger partial charge in [-0.1, -0.05) is 48.0 Å². The smallest absolute Gasteiger partial charge is 0.196 e. The molecule has 0 heterocycles. The van der Waals surface area contributed by atoms with Crippen LogP contribution in [0.2, 0.25) is 5.02 Å². The van der Waals surface area contributed by atoms with Crippen molar-refractivity contribution in [2.75, 3.05) is 5.32 Å². The van der Waals surface area contributed by atoms with Crippen molar-refractivity contribution in [1.29, 1.82) is 0 Å². The number of hydrogen-bond acceptors (Lipinski definition) is 5. The molecule has 0 saturated carbocycles. The van der Waals surface area contributed by atoms with Gasteiger partial charge in [-0.15, -0.1) is 0 Å². The van der Waals surface area contributed by atoms with Crippen LogP contribution in [0.1, 0.15) is 38.8 Å². The van der Waals surface area contributed by atoms with E-state index in [4.69, 9.17) is 19.8 Å². The van der Waals surface area contributed by atoms with Crippen LogP contribution in [0.25, 0.3) is 0 Å². The Hall–Kier alpha value is -3.16. The maximum atomic E-state index is 12.2. The summed E-state index contributed by atoms with van der Waals surface area (Å²) < 4.78 is 28.2. The van der Waals surface area contributed by atoms with E-state index in [-0.39, 0.29) is 23.2 Å². The summed E-state index contributed by atoms with van der Waals surface area (Å²) >= 11 is 0.909. The molecule has 164 valence electrons. The molecule has 0 saturated heterocycles. The SMILES string of the molecule is CC(=O)Nc1ccc([As](=O)(O)O)c(O)c1.O=C1c2ccccc2C(=O)c2c(Cl)cccc21. The van der Waals surface area contributed by atoms with Crippen molar-refractivity contribution in [3.63, 3.8) is 0 Å². The number of anilines is 1. The van der Waals surface area contributed by atoms with E-state index in [0.717, 1.165) is 12.1 Å². The molecule has 8 nitrogen and oxygen atoms in total. The third-order valence-corrected chi connectivity index (χ3v) is 6.94. The molecule has 1 aliphatic carbocycles. The molecule has 0 unspecified atom stereocenters. The van der Waals surface area contributed by atoms with Crippen LogP contribution in [-0.4, -0.2) is 44.9 Å². The van der Waals surface area contributed by atoms with Gasteiger partial charge in [-0.2, -0.15) is 0 Å². The fourth-order valence-electron chi connectivity index (χ4n) is 3.15. The molecule has 0 fully saturated rings. The van der Waals surface area contributed by atoms with E-state index in [9.17, 15) is 23.2 Å². The Balaban J connectivity index is 0.000000183. The Morgan fingerprint density at radius 2 is 1.50 bits per heavy atom. The number of amides is 1. The van der Waals surface area contributed by atoms with E-state index in [2.05, 4.69) is 5.32 Å². The fourth-order valence-corrected chi connectivity index (χ4v) is 4.74. The van der Waals surface area contributed by atoms with Crippen molar-refractivity contribution >= 4 is 53.3 Å². The Bertz CT molecular complexity index is 1300. The van der Waals surface area contributed by atoms with Crippen LogP contribution >= 0.6 is 11.6 Å². The molecule has 3 aromatic carbocycles. The molecule has 0 bridgehead atoms. The molecule has 1 amide bonds. The van der Waals surface area contributed by atoms with E-state index in [1.807, 2.05) is 0 Å². The van der Waals surface area contributed by atoms with Crippen molar-refractivity contribution in [1.82, 2.24) is 0 Å².